The molecule has 0 aliphatic rings. The maximum atomic E-state index is 13.2. The second kappa shape index (κ2) is 5.57. The second-order valence-corrected chi connectivity index (χ2v) is 3.55. The number of nitrogens with zero attached hydrogens (tertiary/aromatic N) is 4. The smallest absolute Gasteiger partial charge is 0.338 e. The molecule has 0 aliphatic carbocycles. The van der Waals surface area contributed by atoms with Crippen molar-refractivity contribution in [2.24, 2.45) is 0 Å². The Kier molecular flexibility index (Phi) is 3.67. The van der Waals surface area contributed by atoms with Crippen LogP contribution in [0.25, 0.3) is 5.57 Å². The minimum absolute atomic E-state index is 0.0833. The Morgan fingerprint density at radius 3 is 2.95 bits per heavy atom. The highest BCUT2D eigenvalue weighted by Crippen LogP contribution is 2.16. The molecule has 0 amide bonds. The molecule has 0 atom stereocenters. The standard InChI is InChI=1S/C11H7FN6O2/c12-9-2-1-7(3-8(9)11(19)20)14-5-6(4-13)10-15-17-18-16-10/h1-3,5,14H,(H,19,20)(H,15,16,17,18). The molecule has 0 saturated carbocycles. The van der Waals surface area contributed by atoms with Crippen molar-refractivity contribution in [3.05, 3.63) is 41.6 Å². The van der Waals surface area contributed by atoms with E-state index in [-0.39, 0.29) is 11.4 Å². The molecule has 8 nitrogen and oxygen atoms in total. The second-order valence-electron chi connectivity index (χ2n) is 3.55. The van der Waals surface area contributed by atoms with Gasteiger partial charge in [0, 0.05) is 11.9 Å². The third-order valence-electron chi connectivity index (χ3n) is 2.29. The molecule has 0 fully saturated rings. The number of nitriles is 1. The van der Waals surface area contributed by atoms with Crippen molar-refractivity contribution >= 4 is 17.2 Å². The summed E-state index contributed by atoms with van der Waals surface area (Å²) < 4.78 is 13.2. The average Bonchev–Trinajstić information content (AvgIpc) is 2.95. The Morgan fingerprint density at radius 1 is 1.55 bits per heavy atom. The summed E-state index contributed by atoms with van der Waals surface area (Å²) >= 11 is 0. The number of carboxylic acids is 1. The van der Waals surface area contributed by atoms with E-state index in [0.29, 0.717) is 5.69 Å². The highest BCUT2D eigenvalue weighted by Gasteiger charge is 2.11. The van der Waals surface area contributed by atoms with E-state index in [1.54, 1.807) is 0 Å². The lowest BCUT2D eigenvalue weighted by molar-refractivity contribution is 0.0692. The summed E-state index contributed by atoms with van der Waals surface area (Å²) in [5.41, 5.74) is -0.0820. The summed E-state index contributed by atoms with van der Waals surface area (Å²) in [7, 11) is 0. The molecule has 0 radical (unpaired) electrons. The molecule has 20 heavy (non-hydrogen) atoms. The zero-order valence-corrected chi connectivity index (χ0v) is 9.83. The van der Waals surface area contributed by atoms with E-state index in [4.69, 9.17) is 10.4 Å². The minimum Gasteiger partial charge on any atom is -0.478 e. The number of aromatic amines is 1. The van der Waals surface area contributed by atoms with Crippen LogP contribution in [-0.4, -0.2) is 31.7 Å². The van der Waals surface area contributed by atoms with Crippen LogP contribution in [0.15, 0.2) is 24.4 Å². The fourth-order valence-corrected chi connectivity index (χ4v) is 1.36. The van der Waals surface area contributed by atoms with Crippen LogP contribution in [0.1, 0.15) is 16.2 Å². The van der Waals surface area contributed by atoms with Crippen LogP contribution >= 0.6 is 0 Å². The summed E-state index contributed by atoms with van der Waals surface area (Å²) in [4.78, 5) is 10.8. The molecular weight excluding hydrogens is 267 g/mol. The zero-order chi connectivity index (χ0) is 14.5. The van der Waals surface area contributed by atoms with Gasteiger partial charge in [0.1, 0.15) is 17.5 Å². The summed E-state index contributed by atoms with van der Waals surface area (Å²) in [6.45, 7) is 0. The van der Waals surface area contributed by atoms with Gasteiger partial charge in [0.25, 0.3) is 0 Å². The van der Waals surface area contributed by atoms with Crippen molar-refractivity contribution in [2.75, 3.05) is 5.32 Å². The van der Waals surface area contributed by atoms with Crippen LogP contribution < -0.4 is 5.32 Å². The number of hydrogen-bond donors (Lipinski definition) is 3. The number of aromatic nitrogens is 4. The molecule has 1 heterocycles. The van der Waals surface area contributed by atoms with Gasteiger partial charge in [-0.2, -0.15) is 10.5 Å². The Morgan fingerprint density at radius 2 is 2.35 bits per heavy atom. The number of aromatic carboxylic acids is 1. The largest absolute Gasteiger partial charge is 0.478 e. The molecule has 1 aromatic heterocycles. The molecule has 0 bridgehead atoms. The summed E-state index contributed by atoms with van der Waals surface area (Å²) in [6.07, 6.45) is 1.27. The maximum absolute atomic E-state index is 13.2. The van der Waals surface area contributed by atoms with Gasteiger partial charge in [-0.1, -0.05) is 0 Å². The molecule has 0 unspecified atom stereocenters. The van der Waals surface area contributed by atoms with Gasteiger partial charge >= 0.3 is 5.97 Å². The molecule has 9 heteroatoms. The molecule has 2 aromatic rings. The average molecular weight is 274 g/mol. The number of rotatable bonds is 4. The van der Waals surface area contributed by atoms with Gasteiger partial charge in [-0.05, 0) is 23.4 Å². The number of anilines is 1. The fraction of sp³-hybridized carbons (Fsp3) is 0. The number of hydrogen-bond acceptors (Lipinski definition) is 6. The molecule has 3 N–H and O–H groups in total. The zero-order valence-electron chi connectivity index (χ0n) is 9.83. The normalized spacial score (nSPS) is 10.9. The Balaban J connectivity index is 2.25. The Bertz CT molecular complexity index is 704. The lowest BCUT2D eigenvalue weighted by Crippen LogP contribution is -2.02. The first-order valence-electron chi connectivity index (χ1n) is 5.25. The summed E-state index contributed by atoms with van der Waals surface area (Å²) in [5, 5.41) is 33.2. The van der Waals surface area contributed by atoms with Crippen molar-refractivity contribution in [3.63, 3.8) is 0 Å². The van der Waals surface area contributed by atoms with Gasteiger partial charge in [-0.25, -0.2) is 9.18 Å². The number of carbonyl (C=O) groups is 1. The van der Waals surface area contributed by atoms with Crippen LogP contribution in [0.4, 0.5) is 10.1 Å². The first-order chi connectivity index (χ1) is 9.61. The highest BCUT2D eigenvalue weighted by molar-refractivity contribution is 5.89. The molecule has 1 aromatic carbocycles. The monoisotopic (exact) mass is 274 g/mol. The van der Waals surface area contributed by atoms with Crippen LogP contribution in [0.3, 0.4) is 0 Å². The quantitative estimate of drug-likeness (QED) is 0.710. The third-order valence-corrected chi connectivity index (χ3v) is 2.29. The van der Waals surface area contributed by atoms with Crippen LogP contribution in [0.2, 0.25) is 0 Å². The van der Waals surface area contributed by atoms with Gasteiger partial charge in [0.15, 0.2) is 0 Å². The Hall–Kier alpha value is -3.28. The van der Waals surface area contributed by atoms with Crippen LogP contribution in [0, 0.1) is 17.1 Å². The number of H-pyrrole nitrogens is 1. The molecule has 2 rings (SSSR count). The van der Waals surface area contributed by atoms with Gasteiger partial charge < -0.3 is 10.4 Å². The SMILES string of the molecule is N#CC(=CNc1ccc(F)c(C(=O)O)c1)c1nn[nH]n1. The van der Waals surface area contributed by atoms with E-state index >= 15 is 0 Å². The predicted octanol–water partition coefficient (Wildman–Crippen LogP) is 1.01. The van der Waals surface area contributed by atoms with E-state index < -0.39 is 17.3 Å². The number of benzene rings is 1. The minimum atomic E-state index is -1.38. The van der Waals surface area contributed by atoms with Gasteiger partial charge in [0.2, 0.25) is 5.82 Å². The lowest BCUT2D eigenvalue weighted by atomic mass is 10.2. The van der Waals surface area contributed by atoms with E-state index in [1.807, 2.05) is 6.07 Å². The van der Waals surface area contributed by atoms with E-state index in [9.17, 15) is 9.18 Å². The number of halogens is 1. The molecule has 100 valence electrons. The number of nitrogens with one attached hydrogen (secondary N) is 2. The third kappa shape index (κ3) is 2.75. The lowest BCUT2D eigenvalue weighted by Gasteiger charge is -2.03. The fourth-order valence-electron chi connectivity index (χ4n) is 1.36. The van der Waals surface area contributed by atoms with Gasteiger partial charge in [0.05, 0.1) is 5.56 Å². The van der Waals surface area contributed by atoms with Crippen molar-refractivity contribution in [3.8, 4) is 6.07 Å². The first-order valence-corrected chi connectivity index (χ1v) is 5.25. The molecular formula is C11H7FN6O2. The van der Waals surface area contributed by atoms with Crippen LogP contribution in [0.5, 0.6) is 0 Å². The summed E-state index contributed by atoms with van der Waals surface area (Å²) in [6, 6.07) is 5.31. The number of carboxylic acid groups (broad SMARTS) is 1. The number of allylic oxidation sites excluding steroid dienone is 1. The molecule has 0 saturated heterocycles. The van der Waals surface area contributed by atoms with E-state index in [2.05, 4.69) is 25.9 Å². The topological polar surface area (TPSA) is 128 Å². The number of tetrazole rings is 1. The van der Waals surface area contributed by atoms with Crippen molar-refractivity contribution in [2.45, 2.75) is 0 Å². The van der Waals surface area contributed by atoms with Gasteiger partial charge in [-0.3, -0.25) is 0 Å². The molecule has 0 spiro atoms. The van der Waals surface area contributed by atoms with Gasteiger partial charge in [-0.15, -0.1) is 10.2 Å². The van der Waals surface area contributed by atoms with Crippen LogP contribution in [-0.2, 0) is 0 Å². The van der Waals surface area contributed by atoms with E-state index in [1.165, 1.54) is 12.3 Å². The summed E-state index contributed by atoms with van der Waals surface area (Å²) in [5.74, 6) is -2.14. The first kappa shape index (κ1) is 13.2. The predicted molar refractivity (Wildman–Crippen MR) is 64.7 cm³/mol. The maximum Gasteiger partial charge on any atom is 0.338 e. The van der Waals surface area contributed by atoms with Crippen molar-refractivity contribution < 1.29 is 14.3 Å². The van der Waals surface area contributed by atoms with Crippen molar-refractivity contribution in [1.29, 1.82) is 5.26 Å². The van der Waals surface area contributed by atoms with Crippen molar-refractivity contribution in [1.82, 2.24) is 20.6 Å². The molecule has 0 aliphatic heterocycles. The Labute approximate surface area is 111 Å². The van der Waals surface area contributed by atoms with E-state index in [0.717, 1.165) is 12.1 Å². The highest BCUT2D eigenvalue weighted by atomic mass is 19.1.